The number of nitrogens with one attached hydrogen (secondary N) is 1. The Labute approximate surface area is 156 Å². The summed E-state index contributed by atoms with van der Waals surface area (Å²) in [6.45, 7) is 0.288. The van der Waals surface area contributed by atoms with Gasteiger partial charge in [-0.25, -0.2) is 4.39 Å². The normalized spacial score (nSPS) is 15.3. The van der Waals surface area contributed by atoms with Gasteiger partial charge in [-0.1, -0.05) is 18.2 Å². The second-order valence-corrected chi connectivity index (χ2v) is 6.06. The van der Waals surface area contributed by atoms with Gasteiger partial charge in [0.1, 0.15) is 18.1 Å². The van der Waals surface area contributed by atoms with Crippen molar-refractivity contribution < 1.29 is 18.7 Å². The van der Waals surface area contributed by atoms with Crippen LogP contribution in [-0.4, -0.2) is 30.1 Å². The van der Waals surface area contributed by atoms with E-state index in [-0.39, 0.29) is 18.3 Å². The molecule has 0 unspecified atom stereocenters. The van der Waals surface area contributed by atoms with Crippen molar-refractivity contribution in [3.05, 3.63) is 65.1 Å². The summed E-state index contributed by atoms with van der Waals surface area (Å²) < 4.78 is 24.1. The summed E-state index contributed by atoms with van der Waals surface area (Å²) in [5.41, 5.74) is 2.02. The lowest BCUT2D eigenvalue weighted by Crippen LogP contribution is -2.25. The summed E-state index contributed by atoms with van der Waals surface area (Å²) in [6, 6.07) is 11.4. The van der Waals surface area contributed by atoms with Crippen LogP contribution in [0.25, 0.3) is 6.08 Å². The molecule has 2 aromatic carbocycles. The van der Waals surface area contributed by atoms with Crippen molar-refractivity contribution in [3.8, 4) is 11.5 Å². The maximum Gasteiger partial charge on any atom is 0.276 e. The van der Waals surface area contributed by atoms with Gasteiger partial charge in [-0.15, -0.1) is 0 Å². The molecule has 0 atom stereocenters. The highest BCUT2D eigenvalue weighted by Crippen LogP contribution is 2.30. The zero-order chi connectivity index (χ0) is 18.7. The number of nitrogens with zero attached hydrogens (tertiary/aromatic N) is 1. The van der Waals surface area contributed by atoms with Crippen molar-refractivity contribution in [2.45, 2.75) is 6.61 Å². The zero-order valence-corrected chi connectivity index (χ0v) is 15.1. The fourth-order valence-corrected chi connectivity index (χ4v) is 2.62. The first-order valence-electron chi connectivity index (χ1n) is 7.84. The van der Waals surface area contributed by atoms with Crippen molar-refractivity contribution in [1.29, 1.82) is 0 Å². The van der Waals surface area contributed by atoms with Gasteiger partial charge in [0.05, 0.1) is 7.11 Å². The number of benzene rings is 2. The third-order valence-corrected chi connectivity index (χ3v) is 4.26. The maximum absolute atomic E-state index is 12.9. The second kappa shape index (κ2) is 7.53. The molecule has 0 aliphatic carbocycles. The SMILES string of the molecule is COc1cc(/C=C2\NC(=S)N(C)C2=O)ccc1OCc1ccc(F)cc1. The molecular weight excluding hydrogens is 355 g/mol. The summed E-state index contributed by atoms with van der Waals surface area (Å²) in [7, 11) is 3.16. The molecule has 26 heavy (non-hydrogen) atoms. The van der Waals surface area contributed by atoms with Gasteiger partial charge in [0.25, 0.3) is 5.91 Å². The van der Waals surface area contributed by atoms with Crippen LogP contribution < -0.4 is 14.8 Å². The largest absolute Gasteiger partial charge is 0.493 e. The Morgan fingerprint density at radius 1 is 1.19 bits per heavy atom. The highest BCUT2D eigenvalue weighted by Gasteiger charge is 2.26. The van der Waals surface area contributed by atoms with E-state index in [0.717, 1.165) is 11.1 Å². The molecular formula is C19H17FN2O3S. The molecule has 7 heteroatoms. The van der Waals surface area contributed by atoms with Gasteiger partial charge in [-0.05, 0) is 53.7 Å². The van der Waals surface area contributed by atoms with Crippen LogP contribution in [0.15, 0.2) is 48.2 Å². The van der Waals surface area contributed by atoms with Gasteiger partial charge in [-0.3, -0.25) is 9.69 Å². The number of carbonyl (C=O) groups excluding carboxylic acids is 1. The van der Waals surface area contributed by atoms with Crippen LogP contribution in [0.3, 0.4) is 0 Å². The molecule has 0 spiro atoms. The van der Waals surface area contributed by atoms with Crippen LogP contribution in [0.2, 0.25) is 0 Å². The van der Waals surface area contributed by atoms with Gasteiger partial charge in [0.2, 0.25) is 0 Å². The molecule has 134 valence electrons. The summed E-state index contributed by atoms with van der Waals surface area (Å²) in [6.07, 6.45) is 1.70. The van der Waals surface area contributed by atoms with Crippen LogP contribution in [0.1, 0.15) is 11.1 Å². The molecule has 0 saturated carbocycles. The molecule has 1 N–H and O–H groups in total. The minimum absolute atomic E-state index is 0.189. The van der Waals surface area contributed by atoms with Gasteiger partial charge in [0.15, 0.2) is 16.6 Å². The molecule has 1 heterocycles. The number of halogens is 1. The minimum Gasteiger partial charge on any atom is -0.493 e. The molecule has 1 amide bonds. The molecule has 0 bridgehead atoms. The predicted octanol–water partition coefficient (Wildman–Crippen LogP) is 3.10. The Kier molecular flexibility index (Phi) is 5.18. The predicted molar refractivity (Wildman–Crippen MR) is 100 cm³/mol. The van der Waals surface area contributed by atoms with Crippen molar-refractivity contribution in [2.75, 3.05) is 14.2 Å². The van der Waals surface area contributed by atoms with Gasteiger partial charge in [0, 0.05) is 7.05 Å². The van der Waals surface area contributed by atoms with E-state index in [9.17, 15) is 9.18 Å². The van der Waals surface area contributed by atoms with E-state index in [0.29, 0.717) is 22.3 Å². The maximum atomic E-state index is 12.9. The van der Waals surface area contributed by atoms with E-state index in [1.54, 1.807) is 44.5 Å². The Balaban J connectivity index is 1.76. The first kappa shape index (κ1) is 17.9. The molecule has 0 aromatic heterocycles. The fraction of sp³-hybridized carbons (Fsp3) is 0.158. The molecule has 3 rings (SSSR count). The molecule has 5 nitrogen and oxygen atoms in total. The highest BCUT2D eigenvalue weighted by molar-refractivity contribution is 7.80. The van der Waals surface area contributed by atoms with E-state index in [1.165, 1.54) is 17.0 Å². The van der Waals surface area contributed by atoms with Gasteiger partial charge in [-0.2, -0.15) is 0 Å². The third-order valence-electron chi connectivity index (χ3n) is 3.89. The lowest BCUT2D eigenvalue weighted by molar-refractivity contribution is -0.121. The number of amides is 1. The van der Waals surface area contributed by atoms with E-state index in [1.807, 2.05) is 6.07 Å². The van der Waals surface area contributed by atoms with E-state index in [4.69, 9.17) is 21.7 Å². The number of hydrogen-bond acceptors (Lipinski definition) is 4. The zero-order valence-electron chi connectivity index (χ0n) is 14.3. The number of rotatable bonds is 5. The number of thiocarbonyl (C=S) groups is 1. The van der Waals surface area contributed by atoms with E-state index >= 15 is 0 Å². The Bertz CT molecular complexity index is 881. The molecule has 1 fully saturated rings. The lowest BCUT2D eigenvalue weighted by Gasteiger charge is -2.11. The van der Waals surface area contributed by atoms with Crippen LogP contribution in [-0.2, 0) is 11.4 Å². The lowest BCUT2D eigenvalue weighted by atomic mass is 10.1. The topological polar surface area (TPSA) is 50.8 Å². The van der Waals surface area contributed by atoms with Crippen LogP contribution in [0, 0.1) is 5.82 Å². The number of likely N-dealkylation sites (N-methyl/N-ethyl adjacent to an activating group) is 1. The van der Waals surface area contributed by atoms with Crippen molar-refractivity contribution >= 4 is 29.3 Å². The second-order valence-electron chi connectivity index (χ2n) is 5.68. The number of carbonyl (C=O) groups is 1. The third kappa shape index (κ3) is 3.83. The van der Waals surface area contributed by atoms with Crippen LogP contribution in [0.5, 0.6) is 11.5 Å². The summed E-state index contributed by atoms with van der Waals surface area (Å²) in [4.78, 5) is 13.4. The number of hydrogen-bond donors (Lipinski definition) is 1. The van der Waals surface area contributed by atoms with E-state index in [2.05, 4.69) is 5.32 Å². The molecule has 0 radical (unpaired) electrons. The van der Waals surface area contributed by atoms with Gasteiger partial charge >= 0.3 is 0 Å². The van der Waals surface area contributed by atoms with Gasteiger partial charge < -0.3 is 14.8 Å². The van der Waals surface area contributed by atoms with Crippen LogP contribution in [0.4, 0.5) is 4.39 Å². The Morgan fingerprint density at radius 2 is 1.92 bits per heavy atom. The standard InChI is InChI=1S/C19H17FN2O3S/c1-22-18(23)15(21-19(22)26)9-13-5-8-16(17(10-13)24-2)25-11-12-3-6-14(20)7-4-12/h3-10H,11H2,1-2H3,(H,21,26)/b15-9-. The molecule has 1 aliphatic rings. The summed E-state index contributed by atoms with van der Waals surface area (Å²) >= 11 is 5.06. The quantitative estimate of drug-likeness (QED) is 0.646. The van der Waals surface area contributed by atoms with Crippen molar-refractivity contribution in [3.63, 3.8) is 0 Å². The highest BCUT2D eigenvalue weighted by atomic mass is 32.1. The monoisotopic (exact) mass is 372 g/mol. The smallest absolute Gasteiger partial charge is 0.276 e. The van der Waals surface area contributed by atoms with Crippen molar-refractivity contribution in [2.24, 2.45) is 0 Å². The van der Waals surface area contributed by atoms with E-state index < -0.39 is 0 Å². The number of ether oxygens (including phenoxy) is 2. The first-order chi connectivity index (χ1) is 12.5. The average Bonchev–Trinajstić information content (AvgIpc) is 2.88. The number of methoxy groups -OCH3 is 1. The Hall–Kier alpha value is -2.93. The molecule has 1 aliphatic heterocycles. The molecule has 2 aromatic rings. The first-order valence-corrected chi connectivity index (χ1v) is 8.25. The summed E-state index contributed by atoms with van der Waals surface area (Å²) in [5, 5.41) is 3.24. The average molecular weight is 372 g/mol. The molecule has 1 saturated heterocycles. The Morgan fingerprint density at radius 3 is 2.54 bits per heavy atom. The van der Waals surface area contributed by atoms with Crippen molar-refractivity contribution in [1.82, 2.24) is 10.2 Å². The van der Waals surface area contributed by atoms with Crippen LogP contribution >= 0.6 is 12.2 Å². The fourth-order valence-electron chi connectivity index (χ4n) is 2.42. The minimum atomic E-state index is -0.288. The summed E-state index contributed by atoms with van der Waals surface area (Å²) in [5.74, 6) is 0.606.